The van der Waals surface area contributed by atoms with E-state index in [0.29, 0.717) is 11.8 Å². The summed E-state index contributed by atoms with van der Waals surface area (Å²) in [7, 11) is 0. The zero-order valence-corrected chi connectivity index (χ0v) is 10.1. The van der Waals surface area contributed by atoms with Gasteiger partial charge in [0.05, 0.1) is 0 Å². The Labute approximate surface area is 105 Å². The summed E-state index contributed by atoms with van der Waals surface area (Å²) in [6.07, 6.45) is 3.85. The fourth-order valence-electron chi connectivity index (χ4n) is 4.66. The molecule has 0 aromatic carbocycles. The topological polar surface area (TPSA) is 66.5 Å². The van der Waals surface area contributed by atoms with Gasteiger partial charge in [-0.05, 0) is 42.9 Å². The van der Waals surface area contributed by atoms with Crippen molar-refractivity contribution in [2.24, 2.45) is 29.6 Å². The van der Waals surface area contributed by atoms with Crippen molar-refractivity contribution in [3.63, 3.8) is 0 Å². The molecule has 18 heavy (non-hydrogen) atoms. The lowest BCUT2D eigenvalue weighted by Crippen LogP contribution is -2.54. The Morgan fingerprint density at radius 3 is 2.17 bits per heavy atom. The Morgan fingerprint density at radius 1 is 1.06 bits per heavy atom. The Bertz CT molecular complexity index is 429. The molecule has 3 amide bonds. The third-order valence-corrected chi connectivity index (χ3v) is 5.28. The van der Waals surface area contributed by atoms with Gasteiger partial charge in [0.25, 0.3) is 0 Å². The molecule has 4 rings (SSSR count). The molecule has 4 atom stereocenters. The summed E-state index contributed by atoms with van der Waals surface area (Å²) in [5, 5.41) is 2.23. The van der Waals surface area contributed by atoms with Crippen LogP contribution in [0.5, 0.6) is 0 Å². The van der Waals surface area contributed by atoms with Gasteiger partial charge in [-0.25, -0.2) is 0 Å². The van der Waals surface area contributed by atoms with Crippen LogP contribution >= 0.6 is 0 Å². The zero-order valence-electron chi connectivity index (χ0n) is 10.1. The number of imide groups is 1. The van der Waals surface area contributed by atoms with Crippen LogP contribution in [0.3, 0.4) is 0 Å². The lowest BCUT2D eigenvalue weighted by Gasteiger charge is -2.26. The fourth-order valence-corrected chi connectivity index (χ4v) is 4.66. The monoisotopic (exact) mass is 248 g/mol. The second-order valence-electron chi connectivity index (χ2n) is 6.18. The smallest absolute Gasteiger partial charge is 0.246 e. The summed E-state index contributed by atoms with van der Waals surface area (Å²) in [6, 6.07) is 0. The van der Waals surface area contributed by atoms with E-state index in [0.717, 1.165) is 11.8 Å². The molecule has 1 saturated heterocycles. The van der Waals surface area contributed by atoms with Gasteiger partial charge in [-0.3, -0.25) is 19.7 Å². The average Bonchev–Trinajstić information content (AvgIpc) is 2.74. The molecule has 4 fully saturated rings. The Hall–Kier alpha value is -1.39. The minimum atomic E-state index is -0.353. The van der Waals surface area contributed by atoms with E-state index in [1.807, 2.05) is 0 Å². The van der Waals surface area contributed by atoms with Gasteiger partial charge in [-0.15, -0.1) is 0 Å². The summed E-state index contributed by atoms with van der Waals surface area (Å²) < 4.78 is 0. The van der Waals surface area contributed by atoms with Crippen LogP contribution in [0.1, 0.15) is 19.3 Å². The Morgan fingerprint density at radius 2 is 1.61 bits per heavy atom. The first-order valence-corrected chi connectivity index (χ1v) is 6.76. The molecule has 96 valence electrons. The maximum absolute atomic E-state index is 12.4. The van der Waals surface area contributed by atoms with Crippen LogP contribution in [0.15, 0.2) is 0 Å². The largest absolute Gasteiger partial charge is 0.324 e. The maximum Gasteiger partial charge on any atom is 0.246 e. The number of hydrogen-bond acceptors (Lipinski definition) is 3. The molecule has 1 heterocycles. The molecule has 0 spiro atoms. The molecular weight excluding hydrogens is 232 g/mol. The number of fused-ring (bicyclic) bond motifs is 5. The summed E-state index contributed by atoms with van der Waals surface area (Å²) >= 11 is 0. The van der Waals surface area contributed by atoms with E-state index in [-0.39, 0.29) is 36.7 Å². The van der Waals surface area contributed by atoms with Crippen molar-refractivity contribution in [2.75, 3.05) is 13.1 Å². The minimum Gasteiger partial charge on any atom is -0.324 e. The standard InChI is InChI=1S/C13H16N2O3/c16-8-4-15(5-9(17)14-8)13(18)12-10-6-1-2-7(3-6)11(10)12/h6-7,10-12H,1-5H2,(H,14,16,17). The number of piperazine rings is 1. The summed E-state index contributed by atoms with van der Waals surface area (Å²) in [5.74, 6) is 2.07. The first-order chi connectivity index (χ1) is 8.65. The molecular formula is C13H16N2O3. The van der Waals surface area contributed by atoms with E-state index in [1.165, 1.54) is 24.2 Å². The number of rotatable bonds is 1. The number of nitrogens with zero attached hydrogens (tertiary/aromatic N) is 1. The van der Waals surface area contributed by atoms with Gasteiger partial charge in [0.2, 0.25) is 17.7 Å². The summed E-state index contributed by atoms with van der Waals surface area (Å²) in [6.45, 7) is 0.103. The van der Waals surface area contributed by atoms with Crippen LogP contribution in [0, 0.1) is 29.6 Å². The molecule has 1 N–H and O–H groups in total. The molecule has 5 heteroatoms. The number of carbonyl (C=O) groups excluding carboxylic acids is 3. The van der Waals surface area contributed by atoms with Gasteiger partial charge >= 0.3 is 0 Å². The number of carbonyl (C=O) groups is 3. The van der Waals surface area contributed by atoms with Crippen LogP contribution in [0.2, 0.25) is 0 Å². The third-order valence-electron chi connectivity index (χ3n) is 5.28. The van der Waals surface area contributed by atoms with Crippen molar-refractivity contribution in [3.8, 4) is 0 Å². The van der Waals surface area contributed by atoms with E-state index in [2.05, 4.69) is 5.32 Å². The second kappa shape index (κ2) is 3.33. The highest BCUT2D eigenvalue weighted by Gasteiger charge is 2.68. The van der Waals surface area contributed by atoms with Gasteiger partial charge in [0.1, 0.15) is 13.1 Å². The SMILES string of the molecule is O=C1CN(C(=O)C2C3C4CCC(C4)C23)CC(=O)N1. The van der Waals surface area contributed by atoms with Crippen LogP contribution in [0.25, 0.3) is 0 Å². The lowest BCUT2D eigenvalue weighted by molar-refractivity contribution is -0.146. The normalized spacial score (nSPS) is 44.9. The van der Waals surface area contributed by atoms with E-state index >= 15 is 0 Å². The number of nitrogens with one attached hydrogen (secondary N) is 1. The van der Waals surface area contributed by atoms with Crippen molar-refractivity contribution in [1.82, 2.24) is 10.2 Å². The minimum absolute atomic E-state index is 0.0461. The highest BCUT2D eigenvalue weighted by atomic mass is 16.2. The van der Waals surface area contributed by atoms with Crippen LogP contribution in [-0.4, -0.2) is 35.7 Å². The number of amides is 3. The van der Waals surface area contributed by atoms with Crippen LogP contribution in [-0.2, 0) is 14.4 Å². The van der Waals surface area contributed by atoms with Gasteiger partial charge < -0.3 is 4.90 Å². The van der Waals surface area contributed by atoms with Gasteiger partial charge in [-0.2, -0.15) is 0 Å². The molecule has 3 saturated carbocycles. The van der Waals surface area contributed by atoms with E-state index in [4.69, 9.17) is 0 Å². The van der Waals surface area contributed by atoms with Crippen molar-refractivity contribution in [3.05, 3.63) is 0 Å². The Kier molecular flexibility index (Phi) is 1.95. The van der Waals surface area contributed by atoms with E-state index < -0.39 is 0 Å². The van der Waals surface area contributed by atoms with Crippen LogP contribution in [0.4, 0.5) is 0 Å². The fraction of sp³-hybridized carbons (Fsp3) is 0.769. The van der Waals surface area contributed by atoms with Crippen molar-refractivity contribution in [2.45, 2.75) is 19.3 Å². The van der Waals surface area contributed by atoms with Gasteiger partial charge in [0, 0.05) is 5.92 Å². The van der Waals surface area contributed by atoms with Gasteiger partial charge in [-0.1, -0.05) is 0 Å². The van der Waals surface area contributed by atoms with Crippen molar-refractivity contribution < 1.29 is 14.4 Å². The summed E-state index contributed by atoms with van der Waals surface area (Å²) in [5.41, 5.74) is 0. The maximum atomic E-state index is 12.4. The van der Waals surface area contributed by atoms with E-state index in [1.54, 1.807) is 0 Å². The molecule has 5 nitrogen and oxygen atoms in total. The van der Waals surface area contributed by atoms with Crippen LogP contribution < -0.4 is 5.32 Å². The first-order valence-electron chi connectivity index (χ1n) is 6.76. The molecule has 3 aliphatic carbocycles. The first kappa shape index (κ1) is 10.5. The van der Waals surface area contributed by atoms with Crippen molar-refractivity contribution >= 4 is 17.7 Å². The highest BCUT2D eigenvalue weighted by molar-refractivity contribution is 6.03. The molecule has 0 aromatic heterocycles. The Balaban J connectivity index is 1.49. The zero-order chi connectivity index (χ0) is 12.4. The number of hydrogen-bond donors (Lipinski definition) is 1. The second-order valence-corrected chi connectivity index (χ2v) is 6.18. The third kappa shape index (κ3) is 1.30. The van der Waals surface area contributed by atoms with Gasteiger partial charge in [0.15, 0.2) is 0 Å². The molecule has 2 bridgehead atoms. The molecule has 0 aromatic rings. The predicted octanol–water partition coefficient (Wildman–Crippen LogP) is -0.236. The molecule has 4 unspecified atom stereocenters. The molecule has 4 aliphatic rings. The summed E-state index contributed by atoms with van der Waals surface area (Å²) in [4.78, 5) is 36.4. The predicted molar refractivity (Wildman–Crippen MR) is 61.0 cm³/mol. The average molecular weight is 248 g/mol. The van der Waals surface area contributed by atoms with Crippen molar-refractivity contribution in [1.29, 1.82) is 0 Å². The quantitative estimate of drug-likeness (QED) is 0.651. The lowest BCUT2D eigenvalue weighted by atomic mass is 10.0. The van der Waals surface area contributed by atoms with E-state index in [9.17, 15) is 14.4 Å². The molecule has 0 radical (unpaired) electrons. The highest BCUT2D eigenvalue weighted by Crippen LogP contribution is 2.69. The molecule has 1 aliphatic heterocycles.